The van der Waals surface area contributed by atoms with E-state index >= 15 is 0 Å². The van der Waals surface area contributed by atoms with Crippen LogP contribution in [0.3, 0.4) is 0 Å². The predicted molar refractivity (Wildman–Crippen MR) is 82.9 cm³/mol. The van der Waals surface area contributed by atoms with E-state index in [1.54, 1.807) is 7.11 Å². The molecule has 2 rings (SSSR count). The number of aromatic nitrogens is 3. The summed E-state index contributed by atoms with van der Waals surface area (Å²) in [5.74, 6) is 1.07. The maximum Gasteiger partial charge on any atom is 0.322 e. The summed E-state index contributed by atoms with van der Waals surface area (Å²) >= 11 is 0. The number of methoxy groups -OCH3 is 1. The Bertz CT molecular complexity index is 456. The standard InChI is InChI=1S/C13H25N7O/c1-5-14-11-16-12(18-13(17-11)21-4)15-8-10-9-19(2)6-7-20(10)3/h10H,5-9H2,1-4H3,(H2,14,15,16,17,18). The molecule has 0 radical (unpaired) electrons. The molecule has 2 N–H and O–H groups in total. The summed E-state index contributed by atoms with van der Waals surface area (Å²) in [6, 6.07) is 0.756. The zero-order valence-electron chi connectivity index (χ0n) is 13.3. The van der Waals surface area contributed by atoms with Crippen LogP contribution < -0.4 is 15.4 Å². The number of rotatable bonds is 6. The van der Waals surface area contributed by atoms with Gasteiger partial charge in [-0.25, -0.2) is 0 Å². The van der Waals surface area contributed by atoms with Gasteiger partial charge in [-0.05, 0) is 21.0 Å². The second-order valence-electron chi connectivity index (χ2n) is 5.28. The quantitative estimate of drug-likeness (QED) is 0.757. The van der Waals surface area contributed by atoms with Gasteiger partial charge in [0.25, 0.3) is 0 Å². The molecule has 0 bridgehead atoms. The van der Waals surface area contributed by atoms with Gasteiger partial charge in [-0.3, -0.25) is 4.90 Å². The molecule has 0 spiro atoms. The average Bonchev–Trinajstić information content (AvgIpc) is 2.48. The number of likely N-dealkylation sites (N-methyl/N-ethyl adjacent to an activating group) is 2. The van der Waals surface area contributed by atoms with Crippen molar-refractivity contribution >= 4 is 11.9 Å². The lowest BCUT2D eigenvalue weighted by atomic mass is 10.2. The summed E-state index contributed by atoms with van der Waals surface area (Å²) in [6.07, 6.45) is 0. The highest BCUT2D eigenvalue weighted by atomic mass is 16.5. The van der Waals surface area contributed by atoms with E-state index in [1.165, 1.54) is 0 Å². The van der Waals surface area contributed by atoms with Crippen LogP contribution in [-0.4, -0.2) is 84.7 Å². The third kappa shape index (κ3) is 4.40. The Labute approximate surface area is 125 Å². The van der Waals surface area contributed by atoms with Crippen molar-refractivity contribution in [3.05, 3.63) is 0 Å². The van der Waals surface area contributed by atoms with Crippen LogP contribution in [0.5, 0.6) is 6.01 Å². The number of piperazine rings is 1. The molecule has 1 fully saturated rings. The maximum atomic E-state index is 5.11. The van der Waals surface area contributed by atoms with E-state index in [0.717, 1.165) is 32.7 Å². The fourth-order valence-corrected chi connectivity index (χ4v) is 2.29. The van der Waals surface area contributed by atoms with Crippen LogP contribution in [0.1, 0.15) is 6.92 Å². The molecule has 1 aromatic heterocycles. The highest BCUT2D eigenvalue weighted by Crippen LogP contribution is 2.12. The van der Waals surface area contributed by atoms with E-state index in [4.69, 9.17) is 4.74 Å². The van der Waals surface area contributed by atoms with Crippen molar-refractivity contribution in [2.45, 2.75) is 13.0 Å². The Kier molecular flexibility index (Phi) is 5.51. The Morgan fingerprint density at radius 3 is 2.52 bits per heavy atom. The summed E-state index contributed by atoms with van der Waals surface area (Å²) in [6.45, 7) is 6.76. The van der Waals surface area contributed by atoms with Crippen LogP contribution in [-0.2, 0) is 0 Å². The highest BCUT2D eigenvalue weighted by Gasteiger charge is 2.22. The van der Waals surface area contributed by atoms with Crippen LogP contribution in [0.4, 0.5) is 11.9 Å². The van der Waals surface area contributed by atoms with Gasteiger partial charge in [0, 0.05) is 38.8 Å². The zero-order valence-corrected chi connectivity index (χ0v) is 13.3. The molecule has 8 nitrogen and oxygen atoms in total. The molecule has 1 atom stereocenters. The molecule has 0 saturated carbocycles. The SMILES string of the molecule is CCNc1nc(NCC2CN(C)CCN2C)nc(OC)n1. The fourth-order valence-electron chi connectivity index (χ4n) is 2.29. The molecule has 2 heterocycles. The van der Waals surface area contributed by atoms with Crippen LogP contribution in [0.2, 0.25) is 0 Å². The fraction of sp³-hybridized carbons (Fsp3) is 0.769. The van der Waals surface area contributed by atoms with Crippen molar-refractivity contribution < 1.29 is 4.74 Å². The molecule has 8 heteroatoms. The number of ether oxygens (including phenoxy) is 1. The molecule has 21 heavy (non-hydrogen) atoms. The third-order valence-corrected chi connectivity index (χ3v) is 3.61. The molecule has 0 aliphatic carbocycles. The molecular weight excluding hydrogens is 270 g/mol. The van der Waals surface area contributed by atoms with Gasteiger partial charge in [0.1, 0.15) is 0 Å². The molecule has 0 amide bonds. The van der Waals surface area contributed by atoms with Gasteiger partial charge in [-0.1, -0.05) is 0 Å². The minimum atomic E-state index is 0.317. The van der Waals surface area contributed by atoms with Gasteiger partial charge in [0.05, 0.1) is 7.11 Å². The van der Waals surface area contributed by atoms with E-state index in [-0.39, 0.29) is 0 Å². The second kappa shape index (κ2) is 7.37. The number of nitrogens with one attached hydrogen (secondary N) is 2. The van der Waals surface area contributed by atoms with Crippen LogP contribution >= 0.6 is 0 Å². The molecule has 1 saturated heterocycles. The Morgan fingerprint density at radius 1 is 1.14 bits per heavy atom. The number of nitrogens with zero attached hydrogens (tertiary/aromatic N) is 5. The largest absolute Gasteiger partial charge is 0.467 e. The summed E-state index contributed by atoms with van der Waals surface area (Å²) < 4.78 is 5.11. The summed E-state index contributed by atoms with van der Waals surface area (Å²) in [4.78, 5) is 17.4. The molecule has 0 aromatic carbocycles. The van der Waals surface area contributed by atoms with Crippen LogP contribution in [0.25, 0.3) is 0 Å². The van der Waals surface area contributed by atoms with Crippen molar-refractivity contribution in [1.29, 1.82) is 0 Å². The first kappa shape index (κ1) is 15.7. The maximum absolute atomic E-state index is 5.11. The van der Waals surface area contributed by atoms with Gasteiger partial charge in [0.2, 0.25) is 11.9 Å². The minimum Gasteiger partial charge on any atom is -0.467 e. The molecule has 118 valence electrons. The summed E-state index contributed by atoms with van der Waals surface area (Å²) in [5.41, 5.74) is 0. The number of hydrogen-bond acceptors (Lipinski definition) is 8. The summed E-state index contributed by atoms with van der Waals surface area (Å²) in [5, 5.41) is 6.36. The van der Waals surface area contributed by atoms with E-state index < -0.39 is 0 Å². The van der Waals surface area contributed by atoms with Gasteiger partial charge in [0.15, 0.2) is 0 Å². The lowest BCUT2D eigenvalue weighted by Crippen LogP contribution is -2.52. The monoisotopic (exact) mass is 295 g/mol. The number of hydrogen-bond donors (Lipinski definition) is 2. The molecule has 1 aliphatic rings. The summed E-state index contributed by atoms with van der Waals surface area (Å²) in [7, 11) is 5.85. The first-order chi connectivity index (χ1) is 10.1. The Hall–Kier alpha value is -1.67. The molecular formula is C13H25N7O. The van der Waals surface area contributed by atoms with E-state index in [1.807, 2.05) is 6.92 Å². The normalized spacial score (nSPS) is 20.3. The molecule has 1 aliphatic heterocycles. The predicted octanol–water partition coefficient (Wildman–Crippen LogP) is -0.0303. The van der Waals surface area contributed by atoms with Gasteiger partial charge in [-0.15, -0.1) is 0 Å². The van der Waals surface area contributed by atoms with Crippen molar-refractivity contribution in [2.24, 2.45) is 0 Å². The van der Waals surface area contributed by atoms with E-state index in [0.29, 0.717) is 23.9 Å². The Morgan fingerprint density at radius 2 is 1.86 bits per heavy atom. The highest BCUT2D eigenvalue weighted by molar-refractivity contribution is 5.35. The number of anilines is 2. The van der Waals surface area contributed by atoms with Crippen molar-refractivity contribution in [3.63, 3.8) is 0 Å². The molecule has 1 unspecified atom stereocenters. The average molecular weight is 295 g/mol. The van der Waals surface area contributed by atoms with Crippen molar-refractivity contribution in [2.75, 3.05) is 64.6 Å². The zero-order chi connectivity index (χ0) is 15.2. The first-order valence-electron chi connectivity index (χ1n) is 7.29. The lowest BCUT2D eigenvalue weighted by Gasteiger charge is -2.37. The Balaban J connectivity index is 1.99. The van der Waals surface area contributed by atoms with Crippen LogP contribution in [0.15, 0.2) is 0 Å². The topological polar surface area (TPSA) is 78.4 Å². The third-order valence-electron chi connectivity index (χ3n) is 3.61. The minimum absolute atomic E-state index is 0.317. The van der Waals surface area contributed by atoms with Crippen LogP contribution in [0, 0.1) is 0 Å². The molecule has 1 aromatic rings. The van der Waals surface area contributed by atoms with E-state index in [2.05, 4.69) is 49.5 Å². The van der Waals surface area contributed by atoms with Gasteiger partial charge < -0.3 is 20.3 Å². The van der Waals surface area contributed by atoms with Gasteiger partial charge in [-0.2, -0.15) is 15.0 Å². The van der Waals surface area contributed by atoms with Gasteiger partial charge >= 0.3 is 6.01 Å². The van der Waals surface area contributed by atoms with Crippen molar-refractivity contribution in [1.82, 2.24) is 24.8 Å². The smallest absolute Gasteiger partial charge is 0.322 e. The first-order valence-corrected chi connectivity index (χ1v) is 7.29. The second-order valence-corrected chi connectivity index (χ2v) is 5.28. The lowest BCUT2D eigenvalue weighted by molar-refractivity contribution is 0.121. The van der Waals surface area contributed by atoms with Crippen molar-refractivity contribution in [3.8, 4) is 6.01 Å². The van der Waals surface area contributed by atoms with E-state index in [9.17, 15) is 0 Å².